The number of nitrogens with two attached hydrogens (primary N) is 1. The quantitative estimate of drug-likeness (QED) is 0.141. The van der Waals surface area contributed by atoms with Crippen molar-refractivity contribution < 1.29 is 0 Å². The summed E-state index contributed by atoms with van der Waals surface area (Å²) in [4.78, 5) is 12.4. The molecule has 9 nitrogen and oxygen atoms in total. The van der Waals surface area contributed by atoms with Crippen molar-refractivity contribution in [3.8, 4) is 0 Å². The summed E-state index contributed by atoms with van der Waals surface area (Å²) in [5.74, 6) is 0.642. The zero-order valence-corrected chi connectivity index (χ0v) is 22.6. The van der Waals surface area contributed by atoms with Gasteiger partial charge in [0.05, 0.1) is 6.54 Å². The SMILES string of the molecule is C=NC(=NC)c1cc(NC)cc(NC)c1.CNc1cc(N)cc(C=NCc2cc(NC)cc(NC)c2)c1. The number of anilines is 6. The van der Waals surface area contributed by atoms with Crippen LogP contribution < -0.4 is 32.3 Å². The molecule has 3 aromatic carbocycles. The summed E-state index contributed by atoms with van der Waals surface area (Å²) in [6.45, 7) is 4.12. The molecule has 7 N–H and O–H groups in total. The molecule has 0 aliphatic rings. The smallest absolute Gasteiger partial charge is 0.153 e. The van der Waals surface area contributed by atoms with Gasteiger partial charge >= 0.3 is 0 Å². The number of nitrogens with one attached hydrogen (secondary N) is 5. The van der Waals surface area contributed by atoms with E-state index in [2.05, 4.69) is 66.5 Å². The van der Waals surface area contributed by atoms with Crippen molar-refractivity contribution in [1.29, 1.82) is 0 Å². The summed E-state index contributed by atoms with van der Waals surface area (Å²) in [5, 5.41) is 15.6. The molecule has 0 radical (unpaired) electrons. The first-order chi connectivity index (χ1) is 17.9. The fourth-order valence-corrected chi connectivity index (χ4v) is 3.56. The molecule has 196 valence electrons. The fraction of sp³-hybridized carbons (Fsp3) is 0.250. The normalized spacial score (nSPS) is 10.8. The van der Waals surface area contributed by atoms with Gasteiger partial charge in [0.1, 0.15) is 0 Å². The standard InChI is InChI=1S/C17H23N5.C11H16N4/c1-19-15-5-12(4-14(18)8-15)10-22-11-13-6-16(20-2)9-17(7-13)21-3;1-12-9-5-8(11(14-3)15-4)6-10(7-9)13-2/h4-10,19-21H,11,18H2,1-3H3;5-7,12-13H,3H2,1-2,4H3. The van der Waals surface area contributed by atoms with Gasteiger partial charge in [0.25, 0.3) is 0 Å². The maximum atomic E-state index is 5.88. The van der Waals surface area contributed by atoms with Crippen LogP contribution in [0.3, 0.4) is 0 Å². The van der Waals surface area contributed by atoms with Gasteiger partial charge in [-0.3, -0.25) is 9.98 Å². The Bertz CT molecular complexity index is 1190. The van der Waals surface area contributed by atoms with Crippen molar-refractivity contribution in [2.24, 2.45) is 15.0 Å². The predicted octanol–water partition coefficient (Wildman–Crippen LogP) is 4.86. The molecule has 0 aliphatic carbocycles. The Kier molecular flexibility index (Phi) is 11.5. The third kappa shape index (κ3) is 8.88. The van der Waals surface area contributed by atoms with Crippen LogP contribution in [0.1, 0.15) is 16.7 Å². The van der Waals surface area contributed by atoms with Crippen LogP contribution in [0.4, 0.5) is 34.1 Å². The Hall–Kier alpha value is -4.53. The van der Waals surface area contributed by atoms with Crippen molar-refractivity contribution in [1.82, 2.24) is 0 Å². The summed E-state index contributed by atoms with van der Waals surface area (Å²) in [6, 6.07) is 18.1. The Labute approximate surface area is 220 Å². The Morgan fingerprint density at radius 3 is 1.68 bits per heavy atom. The molecule has 9 heteroatoms. The molecule has 0 aromatic heterocycles. The lowest BCUT2D eigenvalue weighted by atomic mass is 10.1. The second kappa shape index (κ2) is 14.8. The third-order valence-corrected chi connectivity index (χ3v) is 5.48. The monoisotopic (exact) mass is 501 g/mol. The average Bonchev–Trinajstić information content (AvgIpc) is 2.93. The average molecular weight is 502 g/mol. The number of benzene rings is 3. The minimum Gasteiger partial charge on any atom is -0.399 e. The van der Waals surface area contributed by atoms with Crippen molar-refractivity contribution in [3.05, 3.63) is 71.3 Å². The minimum absolute atomic E-state index is 0.619. The van der Waals surface area contributed by atoms with Gasteiger partial charge < -0.3 is 32.3 Å². The summed E-state index contributed by atoms with van der Waals surface area (Å²) < 4.78 is 0. The second-order valence-electron chi connectivity index (χ2n) is 8.03. The topological polar surface area (TPSA) is 123 Å². The van der Waals surface area contributed by atoms with E-state index in [4.69, 9.17) is 5.73 Å². The van der Waals surface area contributed by atoms with Crippen molar-refractivity contribution >= 4 is 52.9 Å². The lowest BCUT2D eigenvalue weighted by Gasteiger charge is -2.08. The molecule has 3 aromatic rings. The second-order valence-corrected chi connectivity index (χ2v) is 8.03. The Morgan fingerprint density at radius 2 is 1.22 bits per heavy atom. The van der Waals surface area contributed by atoms with Crippen LogP contribution >= 0.6 is 0 Å². The van der Waals surface area contributed by atoms with Gasteiger partial charge in [-0.15, -0.1) is 0 Å². The zero-order valence-electron chi connectivity index (χ0n) is 22.6. The first-order valence-corrected chi connectivity index (χ1v) is 11.9. The maximum absolute atomic E-state index is 5.88. The fourth-order valence-electron chi connectivity index (χ4n) is 3.56. The van der Waals surface area contributed by atoms with Crippen LogP contribution in [0.15, 0.2) is 69.6 Å². The molecule has 0 atom stereocenters. The molecule has 0 bridgehead atoms. The summed E-state index contributed by atoms with van der Waals surface area (Å²) in [5.41, 5.74) is 14.8. The van der Waals surface area contributed by atoms with Gasteiger partial charge in [-0.1, -0.05) is 0 Å². The van der Waals surface area contributed by atoms with Crippen molar-refractivity contribution in [2.45, 2.75) is 6.54 Å². The molecular weight excluding hydrogens is 462 g/mol. The van der Waals surface area contributed by atoms with E-state index in [1.807, 2.05) is 77.9 Å². The largest absolute Gasteiger partial charge is 0.399 e. The number of hydrogen-bond donors (Lipinski definition) is 6. The lowest BCUT2D eigenvalue weighted by molar-refractivity contribution is 1.08. The van der Waals surface area contributed by atoms with Crippen LogP contribution in [-0.4, -0.2) is 61.1 Å². The molecule has 0 aliphatic heterocycles. The van der Waals surface area contributed by atoms with Gasteiger partial charge in [-0.05, 0) is 72.4 Å². The van der Waals surface area contributed by atoms with E-state index in [9.17, 15) is 0 Å². The molecule has 0 saturated carbocycles. The predicted molar refractivity (Wildman–Crippen MR) is 165 cm³/mol. The number of aliphatic imine (C=N–C) groups is 3. The van der Waals surface area contributed by atoms with Crippen molar-refractivity contribution in [2.75, 3.05) is 74.6 Å². The summed E-state index contributed by atoms with van der Waals surface area (Å²) in [6.07, 6.45) is 1.85. The first-order valence-electron chi connectivity index (χ1n) is 11.9. The maximum Gasteiger partial charge on any atom is 0.153 e. The van der Waals surface area contributed by atoms with Crippen LogP contribution in [0, 0.1) is 0 Å². The number of nitrogens with zero attached hydrogens (tertiary/aromatic N) is 3. The molecule has 0 spiro atoms. The van der Waals surface area contributed by atoms with Gasteiger partial charge in [-0.2, -0.15) is 0 Å². The van der Waals surface area contributed by atoms with E-state index in [-0.39, 0.29) is 0 Å². The molecule has 3 rings (SSSR count). The van der Waals surface area contributed by atoms with E-state index in [0.29, 0.717) is 12.4 Å². The molecule has 0 fully saturated rings. The van der Waals surface area contributed by atoms with Crippen LogP contribution in [0.5, 0.6) is 0 Å². The highest BCUT2D eigenvalue weighted by Crippen LogP contribution is 2.20. The van der Waals surface area contributed by atoms with Gasteiger partial charge in [0.15, 0.2) is 5.84 Å². The Balaban J connectivity index is 0.000000281. The van der Waals surface area contributed by atoms with Crippen LogP contribution in [-0.2, 0) is 6.54 Å². The number of hydrogen-bond acceptors (Lipinski definition) is 8. The molecule has 37 heavy (non-hydrogen) atoms. The van der Waals surface area contributed by atoms with Crippen molar-refractivity contribution in [3.63, 3.8) is 0 Å². The zero-order chi connectivity index (χ0) is 27.2. The van der Waals surface area contributed by atoms with E-state index in [1.165, 1.54) is 0 Å². The van der Waals surface area contributed by atoms with Gasteiger partial charge in [-0.25, -0.2) is 4.99 Å². The van der Waals surface area contributed by atoms with E-state index < -0.39 is 0 Å². The highest BCUT2D eigenvalue weighted by atomic mass is 14.9. The highest BCUT2D eigenvalue weighted by Gasteiger charge is 2.04. The number of amidine groups is 1. The number of nitrogen functional groups attached to an aromatic ring is 1. The van der Waals surface area contributed by atoms with E-state index in [1.54, 1.807) is 7.05 Å². The summed E-state index contributed by atoms with van der Waals surface area (Å²) in [7, 11) is 11.2. The summed E-state index contributed by atoms with van der Waals surface area (Å²) >= 11 is 0. The molecule has 0 unspecified atom stereocenters. The number of rotatable bonds is 9. The van der Waals surface area contributed by atoms with Crippen LogP contribution in [0.2, 0.25) is 0 Å². The molecule has 0 amide bonds. The van der Waals surface area contributed by atoms with E-state index in [0.717, 1.165) is 50.8 Å². The Morgan fingerprint density at radius 1 is 0.730 bits per heavy atom. The molecule has 0 saturated heterocycles. The minimum atomic E-state index is 0.619. The third-order valence-electron chi connectivity index (χ3n) is 5.48. The molecular formula is C28H39N9. The molecule has 0 heterocycles. The lowest BCUT2D eigenvalue weighted by Crippen LogP contribution is -2.00. The first kappa shape index (κ1) is 28.7. The van der Waals surface area contributed by atoms with Gasteiger partial charge in [0, 0.05) is 88.2 Å². The van der Waals surface area contributed by atoms with E-state index >= 15 is 0 Å². The van der Waals surface area contributed by atoms with Gasteiger partial charge in [0.2, 0.25) is 0 Å². The van der Waals surface area contributed by atoms with Crippen LogP contribution in [0.25, 0.3) is 0 Å². The highest BCUT2D eigenvalue weighted by molar-refractivity contribution is 6.02.